The van der Waals surface area contributed by atoms with Gasteiger partial charge in [-0.3, -0.25) is 4.79 Å². The zero-order valence-electron chi connectivity index (χ0n) is 15.1. The first-order valence-electron chi connectivity index (χ1n) is 8.82. The van der Waals surface area contributed by atoms with Crippen LogP contribution in [0.1, 0.15) is 12.8 Å². The second-order valence-corrected chi connectivity index (χ2v) is 14.9. The highest BCUT2D eigenvalue weighted by molar-refractivity contribution is 6.76. The van der Waals surface area contributed by atoms with Crippen LogP contribution in [0.5, 0.6) is 5.75 Å². The van der Waals surface area contributed by atoms with E-state index in [2.05, 4.69) is 29.9 Å². The van der Waals surface area contributed by atoms with Crippen LogP contribution in [0.3, 0.4) is 0 Å². The number of carbonyl (C=O) groups excluding carboxylic acids is 1. The molecule has 1 amide bonds. The van der Waals surface area contributed by atoms with Crippen molar-refractivity contribution in [1.82, 2.24) is 5.32 Å². The Hall–Kier alpha value is -0.913. The van der Waals surface area contributed by atoms with E-state index >= 15 is 0 Å². The van der Waals surface area contributed by atoms with Gasteiger partial charge in [0.2, 0.25) is 5.91 Å². The molecule has 1 N–H and O–H groups in total. The van der Waals surface area contributed by atoms with Crippen LogP contribution >= 0.6 is 23.2 Å². The zero-order chi connectivity index (χ0) is 18.2. The summed E-state index contributed by atoms with van der Waals surface area (Å²) in [5.41, 5.74) is 0.949. The highest BCUT2D eigenvalue weighted by Crippen LogP contribution is 2.48. The molecule has 2 heterocycles. The second-order valence-electron chi connectivity index (χ2n) is 8.50. The first-order chi connectivity index (χ1) is 11.7. The van der Waals surface area contributed by atoms with Crippen molar-refractivity contribution in [1.29, 1.82) is 0 Å². The SMILES string of the molecule is C[Si](C)(C)CCOc1ccc(Cl)c(Cl)c1N1CC2(CCNC(=O)C2)C1. The van der Waals surface area contributed by atoms with Crippen molar-refractivity contribution >= 4 is 42.9 Å². The minimum absolute atomic E-state index is 0.0730. The lowest BCUT2D eigenvalue weighted by atomic mass is 9.72. The van der Waals surface area contributed by atoms with Gasteiger partial charge in [0, 0.05) is 39.5 Å². The third kappa shape index (κ3) is 4.26. The fraction of sp³-hybridized carbons (Fsp3) is 0.611. The van der Waals surface area contributed by atoms with E-state index in [0.29, 0.717) is 23.1 Å². The quantitative estimate of drug-likeness (QED) is 0.743. The Morgan fingerprint density at radius 2 is 2.00 bits per heavy atom. The van der Waals surface area contributed by atoms with Crippen LogP contribution in [-0.2, 0) is 4.79 Å². The van der Waals surface area contributed by atoms with Crippen LogP contribution in [0.15, 0.2) is 12.1 Å². The largest absolute Gasteiger partial charge is 0.492 e. The molecule has 0 aromatic heterocycles. The van der Waals surface area contributed by atoms with E-state index in [0.717, 1.165) is 43.5 Å². The summed E-state index contributed by atoms with van der Waals surface area (Å²) in [5.74, 6) is 0.942. The Bertz CT molecular complexity index is 670. The van der Waals surface area contributed by atoms with Gasteiger partial charge in [0.15, 0.2) is 0 Å². The van der Waals surface area contributed by atoms with Gasteiger partial charge in [0.1, 0.15) is 5.75 Å². The van der Waals surface area contributed by atoms with Gasteiger partial charge >= 0.3 is 0 Å². The number of hydrogen-bond donors (Lipinski definition) is 1. The van der Waals surface area contributed by atoms with Gasteiger partial charge in [-0.25, -0.2) is 0 Å². The molecule has 4 nitrogen and oxygen atoms in total. The van der Waals surface area contributed by atoms with Crippen molar-refractivity contribution < 1.29 is 9.53 Å². The van der Waals surface area contributed by atoms with E-state index in [4.69, 9.17) is 27.9 Å². The van der Waals surface area contributed by atoms with Crippen LogP contribution in [0.2, 0.25) is 35.7 Å². The molecule has 2 saturated heterocycles. The standard InChI is InChI=1S/C18H26Cl2N2O2Si/c1-25(2,3)9-8-24-14-5-4-13(19)16(20)17(14)22-11-18(12-22)6-7-21-15(23)10-18/h4-5H,6-12H2,1-3H3,(H,21,23). The summed E-state index contributed by atoms with van der Waals surface area (Å²) in [6, 6.07) is 4.80. The van der Waals surface area contributed by atoms with Crippen molar-refractivity contribution in [2.45, 2.75) is 38.5 Å². The minimum Gasteiger partial charge on any atom is -0.492 e. The number of piperidine rings is 1. The summed E-state index contributed by atoms with van der Waals surface area (Å²) in [7, 11) is -1.16. The smallest absolute Gasteiger partial charge is 0.220 e. The molecule has 0 radical (unpaired) electrons. The lowest BCUT2D eigenvalue weighted by Gasteiger charge is -2.53. The molecule has 138 valence electrons. The maximum atomic E-state index is 11.7. The number of ether oxygens (including phenoxy) is 1. The number of nitrogens with one attached hydrogen (secondary N) is 1. The fourth-order valence-electron chi connectivity index (χ4n) is 3.55. The highest BCUT2D eigenvalue weighted by Gasteiger charge is 2.47. The molecule has 1 aromatic rings. The summed E-state index contributed by atoms with van der Waals surface area (Å²) in [6.45, 7) is 10.1. The number of halogens is 2. The van der Waals surface area contributed by atoms with Crippen LogP contribution in [0.4, 0.5) is 5.69 Å². The predicted molar refractivity (Wildman–Crippen MR) is 107 cm³/mol. The van der Waals surface area contributed by atoms with Gasteiger partial charge in [-0.15, -0.1) is 0 Å². The molecule has 0 aliphatic carbocycles. The Balaban J connectivity index is 1.74. The molecule has 1 aromatic carbocycles. The third-order valence-corrected chi connectivity index (χ3v) is 7.52. The summed E-state index contributed by atoms with van der Waals surface area (Å²) in [6.07, 6.45) is 1.60. The summed E-state index contributed by atoms with van der Waals surface area (Å²) >= 11 is 12.8. The van der Waals surface area contributed by atoms with Gasteiger partial charge in [-0.2, -0.15) is 0 Å². The number of benzene rings is 1. The lowest BCUT2D eigenvalue weighted by molar-refractivity contribution is -0.126. The van der Waals surface area contributed by atoms with Crippen molar-refractivity contribution in [2.24, 2.45) is 5.41 Å². The Labute approximate surface area is 160 Å². The van der Waals surface area contributed by atoms with E-state index in [1.54, 1.807) is 6.07 Å². The monoisotopic (exact) mass is 400 g/mol. The molecular weight excluding hydrogens is 375 g/mol. The summed E-state index contributed by atoms with van der Waals surface area (Å²) in [5, 5.41) is 3.99. The number of hydrogen-bond acceptors (Lipinski definition) is 3. The molecule has 3 rings (SSSR count). The van der Waals surface area contributed by atoms with Gasteiger partial charge in [-0.1, -0.05) is 42.8 Å². The van der Waals surface area contributed by atoms with E-state index in [1.165, 1.54) is 0 Å². The number of amides is 1. The van der Waals surface area contributed by atoms with Gasteiger partial charge in [-0.05, 0) is 24.6 Å². The Morgan fingerprint density at radius 3 is 2.64 bits per heavy atom. The normalized spacial score (nSPS) is 19.6. The zero-order valence-corrected chi connectivity index (χ0v) is 17.6. The molecule has 2 fully saturated rings. The van der Waals surface area contributed by atoms with E-state index in [-0.39, 0.29) is 11.3 Å². The molecule has 1 spiro atoms. The first kappa shape index (κ1) is 18.9. The topological polar surface area (TPSA) is 41.6 Å². The lowest BCUT2D eigenvalue weighted by Crippen LogP contribution is -2.61. The van der Waals surface area contributed by atoms with E-state index < -0.39 is 8.07 Å². The molecule has 2 aliphatic rings. The van der Waals surface area contributed by atoms with Crippen molar-refractivity contribution in [2.75, 3.05) is 31.1 Å². The van der Waals surface area contributed by atoms with Crippen molar-refractivity contribution in [3.63, 3.8) is 0 Å². The second kappa shape index (κ2) is 7.01. The Kier molecular flexibility index (Phi) is 5.29. The first-order valence-corrected chi connectivity index (χ1v) is 13.3. The molecule has 0 saturated carbocycles. The summed E-state index contributed by atoms with van der Waals surface area (Å²) in [4.78, 5) is 13.9. The molecule has 7 heteroatoms. The molecular formula is C18H26Cl2N2O2Si. The van der Waals surface area contributed by atoms with Crippen LogP contribution < -0.4 is 15.0 Å². The van der Waals surface area contributed by atoms with E-state index in [9.17, 15) is 4.79 Å². The van der Waals surface area contributed by atoms with Gasteiger partial charge in [0.05, 0.1) is 22.3 Å². The van der Waals surface area contributed by atoms with E-state index in [1.807, 2.05) is 6.07 Å². The number of anilines is 1. The van der Waals surface area contributed by atoms with Gasteiger partial charge < -0.3 is 15.0 Å². The van der Waals surface area contributed by atoms with Crippen molar-refractivity contribution in [3.8, 4) is 5.75 Å². The number of nitrogens with zero attached hydrogens (tertiary/aromatic N) is 1. The maximum Gasteiger partial charge on any atom is 0.220 e. The van der Waals surface area contributed by atoms with Crippen LogP contribution in [0.25, 0.3) is 0 Å². The average molecular weight is 401 g/mol. The van der Waals surface area contributed by atoms with Crippen LogP contribution in [-0.4, -0.2) is 40.2 Å². The number of carbonyl (C=O) groups is 1. The molecule has 0 atom stereocenters. The average Bonchev–Trinajstić information content (AvgIpc) is 2.48. The highest BCUT2D eigenvalue weighted by atomic mass is 35.5. The molecule has 2 aliphatic heterocycles. The molecule has 25 heavy (non-hydrogen) atoms. The van der Waals surface area contributed by atoms with Gasteiger partial charge in [0.25, 0.3) is 0 Å². The fourth-order valence-corrected chi connectivity index (χ4v) is 4.69. The number of rotatable bonds is 5. The summed E-state index contributed by atoms with van der Waals surface area (Å²) < 4.78 is 6.07. The third-order valence-electron chi connectivity index (χ3n) is 5.02. The molecule has 0 bridgehead atoms. The van der Waals surface area contributed by atoms with Crippen LogP contribution in [0, 0.1) is 5.41 Å². The maximum absolute atomic E-state index is 11.7. The molecule has 0 unspecified atom stereocenters. The van der Waals surface area contributed by atoms with Crippen molar-refractivity contribution in [3.05, 3.63) is 22.2 Å². The Morgan fingerprint density at radius 1 is 1.28 bits per heavy atom. The predicted octanol–water partition coefficient (Wildman–Crippen LogP) is 4.43. The minimum atomic E-state index is -1.16.